The molecule has 0 aliphatic rings. The van der Waals surface area contributed by atoms with Crippen LogP contribution in [0.4, 0.5) is 0 Å². The third-order valence-electron chi connectivity index (χ3n) is 1.82. The van der Waals surface area contributed by atoms with Crippen LogP contribution in [-0.4, -0.2) is 0 Å². The second kappa shape index (κ2) is 4.48. The van der Waals surface area contributed by atoms with Gasteiger partial charge in [0.1, 0.15) is 0 Å². The molecule has 0 bridgehead atoms. The molecule has 2 N–H and O–H groups in total. The smallest absolute Gasteiger partial charge is 0.0482 e. The van der Waals surface area contributed by atoms with Gasteiger partial charge in [0.2, 0.25) is 0 Å². The zero-order chi connectivity index (χ0) is 8.97. The molecule has 65 valence electrons. The van der Waals surface area contributed by atoms with Gasteiger partial charge < -0.3 is 5.73 Å². The van der Waals surface area contributed by atoms with Gasteiger partial charge in [-0.15, -0.1) is 0 Å². The largest absolute Gasteiger partial charge is 0.326 e. The van der Waals surface area contributed by atoms with Crippen LogP contribution in [0.25, 0.3) is 0 Å². The molecule has 0 saturated heterocycles. The molecule has 1 aromatic carbocycles. The number of nitrogens with two attached hydrogens (primary N) is 1. The molecule has 12 heavy (non-hydrogen) atoms. The van der Waals surface area contributed by atoms with Crippen molar-refractivity contribution in [3.05, 3.63) is 41.3 Å². The van der Waals surface area contributed by atoms with E-state index >= 15 is 0 Å². The lowest BCUT2D eigenvalue weighted by Gasteiger charge is -2.06. The molecule has 0 spiro atoms. The lowest BCUT2D eigenvalue weighted by atomic mass is 10.1. The molecular formula is C10H13ClN. The number of halogens is 1. The Morgan fingerprint density at radius 2 is 2.00 bits per heavy atom. The standard InChI is InChI=1S/C10H13ClN/c1-2-4-8-5-3-6-9(7-12)10(8)11/h3,5-6H,1-2,4,7,12H2. The first kappa shape index (κ1) is 9.56. The van der Waals surface area contributed by atoms with Crippen molar-refractivity contribution in [3.63, 3.8) is 0 Å². The molecule has 0 saturated carbocycles. The first-order valence-electron chi connectivity index (χ1n) is 4.05. The van der Waals surface area contributed by atoms with E-state index in [2.05, 4.69) is 6.92 Å². The number of benzene rings is 1. The van der Waals surface area contributed by atoms with Crippen molar-refractivity contribution in [2.75, 3.05) is 0 Å². The van der Waals surface area contributed by atoms with Gasteiger partial charge in [-0.25, -0.2) is 0 Å². The summed E-state index contributed by atoms with van der Waals surface area (Å²) in [5.41, 5.74) is 7.68. The fourth-order valence-electron chi connectivity index (χ4n) is 1.17. The molecule has 0 unspecified atom stereocenters. The lowest BCUT2D eigenvalue weighted by molar-refractivity contribution is 0.983. The molecule has 0 fully saturated rings. The van der Waals surface area contributed by atoms with Gasteiger partial charge in [0.05, 0.1) is 0 Å². The number of hydrogen-bond donors (Lipinski definition) is 1. The van der Waals surface area contributed by atoms with E-state index in [0.29, 0.717) is 6.54 Å². The highest BCUT2D eigenvalue weighted by molar-refractivity contribution is 6.32. The van der Waals surface area contributed by atoms with Gasteiger partial charge in [-0.3, -0.25) is 0 Å². The minimum Gasteiger partial charge on any atom is -0.326 e. The van der Waals surface area contributed by atoms with E-state index in [0.717, 1.165) is 29.0 Å². The molecule has 1 aromatic rings. The second-order valence-electron chi connectivity index (χ2n) is 2.70. The Morgan fingerprint density at radius 1 is 1.33 bits per heavy atom. The van der Waals surface area contributed by atoms with Gasteiger partial charge in [0, 0.05) is 11.6 Å². The summed E-state index contributed by atoms with van der Waals surface area (Å²) < 4.78 is 0. The Hall–Kier alpha value is -0.530. The van der Waals surface area contributed by atoms with Crippen LogP contribution in [0.3, 0.4) is 0 Å². The first-order valence-corrected chi connectivity index (χ1v) is 4.43. The van der Waals surface area contributed by atoms with Gasteiger partial charge in [-0.2, -0.15) is 0 Å². The molecular weight excluding hydrogens is 170 g/mol. The summed E-state index contributed by atoms with van der Waals surface area (Å²) in [6.07, 6.45) is 1.79. The van der Waals surface area contributed by atoms with Gasteiger partial charge >= 0.3 is 0 Å². The summed E-state index contributed by atoms with van der Waals surface area (Å²) >= 11 is 6.08. The maximum Gasteiger partial charge on any atom is 0.0482 e. The maximum absolute atomic E-state index is 6.08. The minimum atomic E-state index is 0.504. The molecule has 1 nitrogen and oxygen atoms in total. The molecule has 0 aliphatic carbocycles. The van der Waals surface area contributed by atoms with Crippen LogP contribution in [0, 0.1) is 6.92 Å². The van der Waals surface area contributed by atoms with Crippen molar-refractivity contribution < 1.29 is 0 Å². The Bertz CT molecular complexity index is 258. The topological polar surface area (TPSA) is 26.0 Å². The van der Waals surface area contributed by atoms with Crippen LogP contribution < -0.4 is 5.73 Å². The molecule has 1 radical (unpaired) electrons. The maximum atomic E-state index is 6.08. The number of rotatable bonds is 3. The summed E-state index contributed by atoms with van der Waals surface area (Å²) in [5, 5.41) is 0.809. The van der Waals surface area contributed by atoms with E-state index in [1.54, 1.807) is 0 Å². The highest BCUT2D eigenvalue weighted by Crippen LogP contribution is 2.21. The van der Waals surface area contributed by atoms with Crippen LogP contribution in [0.15, 0.2) is 18.2 Å². The van der Waals surface area contributed by atoms with Crippen LogP contribution in [-0.2, 0) is 13.0 Å². The van der Waals surface area contributed by atoms with E-state index in [4.69, 9.17) is 17.3 Å². The van der Waals surface area contributed by atoms with E-state index in [-0.39, 0.29) is 0 Å². The normalized spacial score (nSPS) is 10.2. The van der Waals surface area contributed by atoms with Crippen molar-refractivity contribution in [3.8, 4) is 0 Å². The van der Waals surface area contributed by atoms with Gasteiger partial charge in [0.15, 0.2) is 0 Å². The Labute approximate surface area is 78.5 Å². The lowest BCUT2D eigenvalue weighted by Crippen LogP contribution is -1.99. The van der Waals surface area contributed by atoms with Crippen molar-refractivity contribution in [2.45, 2.75) is 19.4 Å². The van der Waals surface area contributed by atoms with E-state index in [9.17, 15) is 0 Å². The fourth-order valence-corrected chi connectivity index (χ4v) is 1.47. The minimum absolute atomic E-state index is 0.504. The predicted molar refractivity (Wildman–Crippen MR) is 53.0 cm³/mol. The Kier molecular flexibility index (Phi) is 3.57. The molecule has 0 atom stereocenters. The van der Waals surface area contributed by atoms with E-state index < -0.39 is 0 Å². The second-order valence-corrected chi connectivity index (χ2v) is 3.08. The van der Waals surface area contributed by atoms with Gasteiger partial charge in [-0.1, -0.05) is 36.7 Å². The molecule has 0 heterocycles. The van der Waals surface area contributed by atoms with Gasteiger partial charge in [-0.05, 0) is 24.0 Å². The predicted octanol–water partition coefficient (Wildman–Crippen LogP) is 2.57. The number of aryl methyl sites for hydroxylation is 1. The van der Waals surface area contributed by atoms with E-state index in [1.165, 1.54) is 0 Å². The highest BCUT2D eigenvalue weighted by atomic mass is 35.5. The third-order valence-corrected chi connectivity index (χ3v) is 2.31. The first-order chi connectivity index (χ1) is 5.79. The SMILES string of the molecule is [CH2]CCc1cccc(CN)c1Cl. The van der Waals surface area contributed by atoms with Crippen molar-refractivity contribution in [1.29, 1.82) is 0 Å². The fraction of sp³-hybridized carbons (Fsp3) is 0.300. The average molecular weight is 183 g/mol. The zero-order valence-electron chi connectivity index (χ0n) is 7.02. The van der Waals surface area contributed by atoms with Gasteiger partial charge in [0.25, 0.3) is 0 Å². The summed E-state index contributed by atoms with van der Waals surface area (Å²) in [6.45, 7) is 4.29. The molecule has 1 rings (SSSR count). The highest BCUT2D eigenvalue weighted by Gasteiger charge is 2.02. The summed E-state index contributed by atoms with van der Waals surface area (Å²) in [6, 6.07) is 5.96. The number of hydrogen-bond acceptors (Lipinski definition) is 1. The third kappa shape index (κ3) is 1.99. The van der Waals surface area contributed by atoms with Crippen molar-refractivity contribution in [2.24, 2.45) is 5.73 Å². The zero-order valence-corrected chi connectivity index (χ0v) is 7.77. The van der Waals surface area contributed by atoms with Crippen LogP contribution in [0.5, 0.6) is 0 Å². The molecule has 0 aromatic heterocycles. The van der Waals surface area contributed by atoms with Crippen molar-refractivity contribution in [1.82, 2.24) is 0 Å². The van der Waals surface area contributed by atoms with Crippen LogP contribution in [0.1, 0.15) is 17.5 Å². The van der Waals surface area contributed by atoms with Crippen LogP contribution >= 0.6 is 11.6 Å². The summed E-state index contributed by atoms with van der Waals surface area (Å²) in [7, 11) is 0. The summed E-state index contributed by atoms with van der Waals surface area (Å²) in [4.78, 5) is 0. The van der Waals surface area contributed by atoms with Crippen LogP contribution in [0.2, 0.25) is 5.02 Å². The quantitative estimate of drug-likeness (QED) is 0.764. The molecule has 0 aliphatic heterocycles. The molecule has 2 heteroatoms. The van der Waals surface area contributed by atoms with E-state index in [1.807, 2.05) is 18.2 Å². The average Bonchev–Trinajstić information content (AvgIpc) is 2.09. The van der Waals surface area contributed by atoms with Crippen molar-refractivity contribution >= 4 is 11.6 Å². The molecule has 0 amide bonds. The summed E-state index contributed by atoms with van der Waals surface area (Å²) in [5.74, 6) is 0. The Balaban J connectivity index is 2.97. The monoisotopic (exact) mass is 182 g/mol. The Morgan fingerprint density at radius 3 is 2.58 bits per heavy atom.